The number of thiocarbonyl (C=S) groups is 1. The number of amides is 1. The van der Waals surface area contributed by atoms with Gasteiger partial charge in [-0.05, 0) is 53.3 Å². The first-order valence-electron chi connectivity index (χ1n) is 5.65. The number of rotatable bonds is 3. The Bertz CT molecular complexity index is 572. The first-order chi connectivity index (χ1) is 9.06. The van der Waals surface area contributed by atoms with Crippen LogP contribution in [0.1, 0.15) is 12.5 Å². The molecule has 3 nitrogen and oxygen atoms in total. The van der Waals surface area contributed by atoms with Crippen LogP contribution in [0.15, 0.2) is 23.1 Å². The molecule has 1 amide bonds. The van der Waals surface area contributed by atoms with Crippen molar-refractivity contribution >= 4 is 62.9 Å². The summed E-state index contributed by atoms with van der Waals surface area (Å²) in [6.07, 6.45) is 1.87. The van der Waals surface area contributed by atoms with Crippen LogP contribution in [-0.2, 0) is 4.79 Å². The average Bonchev–Trinajstić information content (AvgIpc) is 2.64. The molecule has 1 aromatic rings. The van der Waals surface area contributed by atoms with Gasteiger partial charge in [0.1, 0.15) is 10.1 Å². The molecule has 0 atom stereocenters. The lowest BCUT2D eigenvalue weighted by atomic mass is 10.2. The summed E-state index contributed by atoms with van der Waals surface area (Å²) in [6.45, 7) is 2.53. The van der Waals surface area contributed by atoms with Gasteiger partial charge in [-0.2, -0.15) is 0 Å². The number of ether oxygens (including phenoxy) is 1. The summed E-state index contributed by atoms with van der Waals surface area (Å²) in [5, 5.41) is 0. The summed E-state index contributed by atoms with van der Waals surface area (Å²) in [7, 11) is 1.64. The molecule has 0 saturated carbocycles. The minimum atomic E-state index is -0.0108. The molecule has 6 heteroatoms. The molecule has 1 aromatic carbocycles. The molecule has 1 heterocycles. The van der Waals surface area contributed by atoms with E-state index in [1.54, 1.807) is 12.0 Å². The van der Waals surface area contributed by atoms with E-state index in [1.807, 2.05) is 31.2 Å². The van der Waals surface area contributed by atoms with Crippen molar-refractivity contribution in [2.45, 2.75) is 6.92 Å². The van der Waals surface area contributed by atoms with Crippen LogP contribution in [-0.4, -0.2) is 28.8 Å². The first-order valence-corrected chi connectivity index (χ1v) is 7.96. The van der Waals surface area contributed by atoms with E-state index in [2.05, 4.69) is 22.6 Å². The third kappa shape index (κ3) is 3.11. The van der Waals surface area contributed by atoms with Crippen LogP contribution in [0.2, 0.25) is 0 Å². The highest BCUT2D eigenvalue weighted by Crippen LogP contribution is 2.33. The third-order valence-corrected chi connectivity index (χ3v) is 4.88. The number of carbonyl (C=O) groups excluding carboxylic acids is 1. The van der Waals surface area contributed by atoms with E-state index in [9.17, 15) is 4.79 Å². The number of thioether (sulfide) groups is 1. The Kier molecular flexibility index (Phi) is 4.86. The fraction of sp³-hybridized carbons (Fsp3) is 0.231. The van der Waals surface area contributed by atoms with E-state index >= 15 is 0 Å². The Morgan fingerprint density at radius 1 is 1.53 bits per heavy atom. The molecule has 1 aliphatic heterocycles. The van der Waals surface area contributed by atoms with Crippen LogP contribution in [0.25, 0.3) is 6.08 Å². The summed E-state index contributed by atoms with van der Waals surface area (Å²) in [6, 6.07) is 5.81. The lowest BCUT2D eigenvalue weighted by Gasteiger charge is -2.09. The van der Waals surface area contributed by atoms with Crippen LogP contribution >= 0.6 is 46.6 Å². The van der Waals surface area contributed by atoms with Crippen molar-refractivity contribution in [3.63, 3.8) is 0 Å². The number of nitrogens with zero attached hydrogens (tertiary/aromatic N) is 1. The Morgan fingerprint density at radius 3 is 2.79 bits per heavy atom. The zero-order valence-corrected chi connectivity index (χ0v) is 14.3. The van der Waals surface area contributed by atoms with Crippen molar-refractivity contribution in [3.8, 4) is 5.75 Å². The second-order valence-corrected chi connectivity index (χ2v) is 6.66. The van der Waals surface area contributed by atoms with E-state index in [4.69, 9.17) is 17.0 Å². The molecule has 0 aliphatic carbocycles. The Hall–Kier alpha value is -0.600. The fourth-order valence-electron chi connectivity index (χ4n) is 1.70. The molecule has 0 radical (unpaired) electrons. The van der Waals surface area contributed by atoms with Crippen molar-refractivity contribution in [3.05, 3.63) is 32.2 Å². The van der Waals surface area contributed by atoms with Crippen LogP contribution in [0.3, 0.4) is 0 Å². The van der Waals surface area contributed by atoms with Gasteiger partial charge in [0.05, 0.1) is 15.6 Å². The molecule has 1 aliphatic rings. The molecule has 2 rings (SSSR count). The molecule has 19 heavy (non-hydrogen) atoms. The SMILES string of the molecule is CCN1C(=O)/C(=C\c2ccc(OC)c(I)c2)SC1=S. The van der Waals surface area contributed by atoms with Gasteiger partial charge in [0.25, 0.3) is 5.91 Å². The number of methoxy groups -OCH3 is 1. The molecule has 100 valence electrons. The van der Waals surface area contributed by atoms with Crippen LogP contribution in [0, 0.1) is 3.57 Å². The number of likely N-dealkylation sites (N-methyl/N-ethyl adjacent to an activating group) is 1. The van der Waals surface area contributed by atoms with Gasteiger partial charge < -0.3 is 4.74 Å². The molecule has 1 saturated heterocycles. The van der Waals surface area contributed by atoms with E-state index < -0.39 is 0 Å². The Balaban J connectivity index is 2.30. The minimum Gasteiger partial charge on any atom is -0.496 e. The quantitative estimate of drug-likeness (QED) is 0.437. The van der Waals surface area contributed by atoms with E-state index in [0.29, 0.717) is 15.8 Å². The zero-order chi connectivity index (χ0) is 14.0. The molecular weight excluding hydrogens is 393 g/mol. The topological polar surface area (TPSA) is 29.5 Å². The minimum absolute atomic E-state index is 0.0108. The highest BCUT2D eigenvalue weighted by Gasteiger charge is 2.30. The van der Waals surface area contributed by atoms with Crippen molar-refractivity contribution in [2.24, 2.45) is 0 Å². The molecule has 0 unspecified atom stereocenters. The standard InChI is InChI=1S/C13H12INO2S2/c1-3-15-12(16)11(19-13(15)18)7-8-4-5-10(17-2)9(14)6-8/h4-7H,3H2,1-2H3/b11-7+. The van der Waals surface area contributed by atoms with E-state index in [0.717, 1.165) is 14.9 Å². The smallest absolute Gasteiger partial charge is 0.266 e. The molecule has 0 N–H and O–H groups in total. The number of hydrogen-bond acceptors (Lipinski definition) is 4. The van der Waals surface area contributed by atoms with Crippen LogP contribution < -0.4 is 4.74 Å². The number of benzene rings is 1. The van der Waals surface area contributed by atoms with Gasteiger partial charge in [-0.1, -0.05) is 30.0 Å². The molecule has 1 fully saturated rings. The van der Waals surface area contributed by atoms with Crippen molar-refractivity contribution < 1.29 is 9.53 Å². The lowest BCUT2D eigenvalue weighted by molar-refractivity contribution is -0.121. The van der Waals surface area contributed by atoms with Gasteiger partial charge in [0.2, 0.25) is 0 Å². The third-order valence-electron chi connectivity index (χ3n) is 2.66. The van der Waals surface area contributed by atoms with Crippen molar-refractivity contribution in [2.75, 3.05) is 13.7 Å². The number of hydrogen-bond donors (Lipinski definition) is 0. The maximum absolute atomic E-state index is 12.1. The molecule has 0 spiro atoms. The summed E-state index contributed by atoms with van der Waals surface area (Å²) in [4.78, 5) is 14.4. The largest absolute Gasteiger partial charge is 0.496 e. The summed E-state index contributed by atoms with van der Waals surface area (Å²) < 4.78 is 6.85. The molecular formula is C13H12INO2S2. The zero-order valence-electron chi connectivity index (χ0n) is 10.5. The van der Waals surface area contributed by atoms with Crippen LogP contribution in [0.5, 0.6) is 5.75 Å². The maximum Gasteiger partial charge on any atom is 0.266 e. The van der Waals surface area contributed by atoms with E-state index in [1.165, 1.54) is 11.8 Å². The van der Waals surface area contributed by atoms with Gasteiger partial charge in [0, 0.05) is 6.54 Å². The van der Waals surface area contributed by atoms with Gasteiger partial charge in [0.15, 0.2) is 0 Å². The summed E-state index contributed by atoms with van der Waals surface area (Å²) >= 11 is 8.74. The fourth-order valence-corrected chi connectivity index (χ4v) is 3.84. The highest BCUT2D eigenvalue weighted by atomic mass is 127. The predicted octanol–water partition coefficient (Wildman–Crippen LogP) is 3.52. The predicted molar refractivity (Wildman–Crippen MR) is 91.3 cm³/mol. The number of carbonyl (C=O) groups is 1. The molecule has 0 aromatic heterocycles. The van der Waals surface area contributed by atoms with Crippen molar-refractivity contribution in [1.29, 1.82) is 0 Å². The summed E-state index contributed by atoms with van der Waals surface area (Å²) in [5.74, 6) is 0.821. The van der Waals surface area contributed by atoms with E-state index in [-0.39, 0.29) is 5.91 Å². The van der Waals surface area contributed by atoms with Gasteiger partial charge in [-0.3, -0.25) is 9.69 Å². The Labute approximate surface area is 135 Å². The van der Waals surface area contributed by atoms with Crippen molar-refractivity contribution in [1.82, 2.24) is 4.90 Å². The van der Waals surface area contributed by atoms with Crippen LogP contribution in [0.4, 0.5) is 0 Å². The van der Waals surface area contributed by atoms with Gasteiger partial charge in [-0.15, -0.1) is 0 Å². The monoisotopic (exact) mass is 405 g/mol. The normalized spacial score (nSPS) is 17.4. The second kappa shape index (κ2) is 6.23. The average molecular weight is 405 g/mol. The second-order valence-electron chi connectivity index (χ2n) is 3.82. The number of halogens is 1. The van der Waals surface area contributed by atoms with Gasteiger partial charge >= 0.3 is 0 Å². The summed E-state index contributed by atoms with van der Waals surface area (Å²) in [5.41, 5.74) is 0.974. The Morgan fingerprint density at radius 2 is 2.26 bits per heavy atom. The van der Waals surface area contributed by atoms with Gasteiger partial charge in [-0.25, -0.2) is 0 Å². The molecule has 0 bridgehead atoms. The first kappa shape index (κ1) is 14.8. The highest BCUT2D eigenvalue weighted by molar-refractivity contribution is 14.1. The lowest BCUT2D eigenvalue weighted by Crippen LogP contribution is -2.27. The maximum atomic E-state index is 12.1.